The molecule has 0 aromatic heterocycles. The Hall–Kier alpha value is -2.09. The normalized spacial score (nSPS) is 12.0. The predicted molar refractivity (Wildman–Crippen MR) is 56.9 cm³/mol. The molecule has 0 saturated carbocycles. The van der Waals surface area contributed by atoms with Gasteiger partial charge in [-0.1, -0.05) is 0 Å². The number of hydrogen-bond acceptors (Lipinski definition) is 3. The predicted octanol–water partition coefficient (Wildman–Crippen LogP) is 0.669. The van der Waals surface area contributed by atoms with E-state index in [0.717, 1.165) is 6.07 Å². The second-order valence-corrected chi connectivity index (χ2v) is 3.62. The van der Waals surface area contributed by atoms with E-state index in [0.29, 0.717) is 6.07 Å². The van der Waals surface area contributed by atoms with Gasteiger partial charge in [-0.15, -0.1) is 0 Å². The summed E-state index contributed by atoms with van der Waals surface area (Å²) in [5.41, 5.74) is -0.705. The molecule has 0 spiro atoms. The third-order valence-corrected chi connectivity index (χ3v) is 2.27. The number of benzene rings is 1. The van der Waals surface area contributed by atoms with Crippen LogP contribution in [0.1, 0.15) is 16.8 Å². The van der Waals surface area contributed by atoms with Gasteiger partial charge in [0.15, 0.2) is 23.6 Å². The smallest absolute Gasteiger partial charge is 0.332 e. The lowest BCUT2D eigenvalue weighted by molar-refractivity contribution is -0.146. The summed E-state index contributed by atoms with van der Waals surface area (Å²) in [5, 5.41) is 19.4. The molecule has 0 radical (unpaired) electrons. The van der Waals surface area contributed by atoms with E-state index in [1.165, 1.54) is 0 Å². The third kappa shape index (κ3) is 3.68. The summed E-state index contributed by atoms with van der Waals surface area (Å²) >= 11 is 0. The van der Waals surface area contributed by atoms with Crippen molar-refractivity contribution in [1.82, 2.24) is 5.32 Å². The Bertz CT molecular complexity index is 507. The van der Waals surface area contributed by atoms with Crippen LogP contribution in [-0.4, -0.2) is 34.7 Å². The maximum absolute atomic E-state index is 13.2. The lowest BCUT2D eigenvalue weighted by Gasteiger charge is -2.08. The van der Waals surface area contributed by atoms with Crippen LogP contribution in [0.4, 0.5) is 13.2 Å². The zero-order chi connectivity index (χ0) is 14.6. The van der Waals surface area contributed by atoms with Crippen LogP contribution in [0.15, 0.2) is 12.1 Å². The number of rotatable bonds is 5. The van der Waals surface area contributed by atoms with E-state index < -0.39 is 41.0 Å². The van der Waals surface area contributed by atoms with Gasteiger partial charge in [-0.05, 0) is 12.1 Å². The largest absolute Gasteiger partial charge is 0.479 e. The quantitative estimate of drug-likeness (QED) is 0.690. The van der Waals surface area contributed by atoms with Crippen LogP contribution in [0.3, 0.4) is 0 Å². The van der Waals surface area contributed by atoms with E-state index in [1.54, 1.807) is 0 Å². The molecule has 19 heavy (non-hydrogen) atoms. The summed E-state index contributed by atoms with van der Waals surface area (Å²) in [6.07, 6.45) is -1.97. The van der Waals surface area contributed by atoms with Gasteiger partial charge in [0.2, 0.25) is 0 Å². The van der Waals surface area contributed by atoms with Crippen LogP contribution in [0.5, 0.6) is 0 Å². The van der Waals surface area contributed by atoms with Gasteiger partial charge < -0.3 is 15.5 Å². The molecule has 0 aliphatic rings. The van der Waals surface area contributed by atoms with Crippen molar-refractivity contribution in [3.05, 3.63) is 35.1 Å². The number of aliphatic carboxylic acids is 1. The van der Waals surface area contributed by atoms with E-state index in [4.69, 9.17) is 10.2 Å². The number of hydrogen-bond donors (Lipinski definition) is 3. The second-order valence-electron chi connectivity index (χ2n) is 3.62. The fraction of sp³-hybridized carbons (Fsp3) is 0.273. The first-order chi connectivity index (χ1) is 8.84. The fourth-order valence-electron chi connectivity index (χ4n) is 1.24. The van der Waals surface area contributed by atoms with Crippen molar-refractivity contribution < 1.29 is 33.0 Å². The summed E-state index contributed by atoms with van der Waals surface area (Å²) in [7, 11) is 0. The van der Waals surface area contributed by atoms with E-state index in [2.05, 4.69) is 5.32 Å². The summed E-state index contributed by atoms with van der Waals surface area (Å²) in [5.74, 6) is -7.31. The van der Waals surface area contributed by atoms with Gasteiger partial charge in [0.1, 0.15) is 0 Å². The lowest BCUT2D eigenvalue weighted by atomic mass is 10.1. The van der Waals surface area contributed by atoms with Gasteiger partial charge in [0.25, 0.3) is 5.91 Å². The molecule has 0 fully saturated rings. The molecule has 0 aliphatic heterocycles. The minimum atomic E-state index is -1.77. The Kier molecular flexibility index (Phi) is 4.87. The van der Waals surface area contributed by atoms with Gasteiger partial charge >= 0.3 is 5.97 Å². The number of nitrogens with one attached hydrogen (secondary N) is 1. The van der Waals surface area contributed by atoms with Crippen LogP contribution in [0.2, 0.25) is 0 Å². The van der Waals surface area contributed by atoms with Crippen molar-refractivity contribution >= 4 is 11.9 Å². The van der Waals surface area contributed by atoms with Gasteiger partial charge in [0, 0.05) is 13.0 Å². The number of carbonyl (C=O) groups is 2. The highest BCUT2D eigenvalue weighted by Crippen LogP contribution is 2.14. The van der Waals surface area contributed by atoms with Crippen LogP contribution in [0, 0.1) is 17.5 Å². The molecular weight excluding hydrogens is 267 g/mol. The molecule has 0 aliphatic carbocycles. The summed E-state index contributed by atoms with van der Waals surface area (Å²) < 4.78 is 38.7. The highest BCUT2D eigenvalue weighted by atomic mass is 19.2. The Balaban J connectivity index is 2.65. The minimum Gasteiger partial charge on any atom is -0.479 e. The van der Waals surface area contributed by atoms with Gasteiger partial charge in [-0.25, -0.2) is 18.0 Å². The summed E-state index contributed by atoms with van der Waals surface area (Å²) in [6, 6.07) is 1.36. The Morgan fingerprint density at radius 3 is 2.42 bits per heavy atom. The van der Waals surface area contributed by atoms with Crippen molar-refractivity contribution in [2.45, 2.75) is 12.5 Å². The van der Waals surface area contributed by atoms with Crippen LogP contribution >= 0.6 is 0 Å². The molecule has 1 amide bonds. The summed E-state index contributed by atoms with van der Waals surface area (Å²) in [4.78, 5) is 21.7. The topological polar surface area (TPSA) is 86.6 Å². The number of carbonyl (C=O) groups excluding carboxylic acids is 1. The molecule has 1 aromatic carbocycles. The Morgan fingerprint density at radius 2 is 1.84 bits per heavy atom. The second kappa shape index (κ2) is 6.19. The molecule has 1 aromatic rings. The first-order valence-electron chi connectivity index (χ1n) is 5.17. The SMILES string of the molecule is O=C(NCCC(O)C(=O)O)c1ccc(F)c(F)c1F. The maximum Gasteiger partial charge on any atom is 0.332 e. The number of amides is 1. The molecule has 0 heterocycles. The van der Waals surface area contributed by atoms with E-state index in [9.17, 15) is 22.8 Å². The average Bonchev–Trinajstić information content (AvgIpc) is 2.35. The molecule has 1 atom stereocenters. The third-order valence-electron chi connectivity index (χ3n) is 2.27. The Morgan fingerprint density at radius 1 is 1.21 bits per heavy atom. The Labute approximate surface area is 105 Å². The lowest BCUT2D eigenvalue weighted by Crippen LogP contribution is -2.30. The first-order valence-corrected chi connectivity index (χ1v) is 5.17. The molecule has 0 saturated heterocycles. The van der Waals surface area contributed by atoms with Crippen LogP contribution in [-0.2, 0) is 4.79 Å². The maximum atomic E-state index is 13.2. The molecule has 104 valence electrons. The van der Waals surface area contributed by atoms with E-state index in [-0.39, 0.29) is 13.0 Å². The molecule has 8 heteroatoms. The van der Waals surface area contributed by atoms with Crippen molar-refractivity contribution in [1.29, 1.82) is 0 Å². The summed E-state index contributed by atoms with van der Waals surface area (Å²) in [6.45, 7) is -0.259. The van der Waals surface area contributed by atoms with Crippen molar-refractivity contribution in [3.63, 3.8) is 0 Å². The van der Waals surface area contributed by atoms with Crippen molar-refractivity contribution in [3.8, 4) is 0 Å². The zero-order valence-corrected chi connectivity index (χ0v) is 9.49. The molecule has 1 rings (SSSR count). The molecular formula is C11H10F3NO4. The molecule has 0 bridgehead atoms. The van der Waals surface area contributed by atoms with Crippen molar-refractivity contribution in [2.24, 2.45) is 0 Å². The van der Waals surface area contributed by atoms with E-state index in [1.807, 2.05) is 0 Å². The molecule has 5 nitrogen and oxygen atoms in total. The van der Waals surface area contributed by atoms with Gasteiger partial charge in [0.05, 0.1) is 5.56 Å². The van der Waals surface area contributed by atoms with Crippen LogP contribution in [0.25, 0.3) is 0 Å². The molecule has 1 unspecified atom stereocenters. The minimum absolute atomic E-state index is 0.259. The highest BCUT2D eigenvalue weighted by Gasteiger charge is 2.19. The monoisotopic (exact) mass is 277 g/mol. The van der Waals surface area contributed by atoms with E-state index >= 15 is 0 Å². The fourth-order valence-corrected chi connectivity index (χ4v) is 1.24. The number of aliphatic hydroxyl groups excluding tert-OH is 1. The number of halogens is 3. The number of carboxylic acid groups (broad SMARTS) is 1. The van der Waals surface area contributed by atoms with Crippen molar-refractivity contribution in [2.75, 3.05) is 6.54 Å². The molecule has 3 N–H and O–H groups in total. The standard InChI is InChI=1S/C11H10F3NO4/c12-6-2-1-5(8(13)9(6)14)10(17)15-4-3-7(16)11(18)19/h1-2,7,16H,3-4H2,(H,15,17)(H,18,19). The first kappa shape index (κ1) is 15.0. The highest BCUT2D eigenvalue weighted by molar-refractivity contribution is 5.94. The number of aliphatic hydroxyl groups is 1. The number of carboxylic acids is 1. The zero-order valence-electron chi connectivity index (χ0n) is 9.49. The van der Waals surface area contributed by atoms with Crippen LogP contribution < -0.4 is 5.32 Å². The average molecular weight is 277 g/mol. The van der Waals surface area contributed by atoms with Gasteiger partial charge in [-0.3, -0.25) is 4.79 Å². The van der Waals surface area contributed by atoms with Gasteiger partial charge in [-0.2, -0.15) is 0 Å².